The molecule has 2 aromatic heterocycles. The number of nitrogens with zero attached hydrogens (tertiary/aromatic N) is 4. The van der Waals surface area contributed by atoms with Crippen LogP contribution in [0.25, 0.3) is 11.2 Å². The van der Waals surface area contributed by atoms with E-state index in [1.807, 2.05) is 5.43 Å². The number of nitrogens with one attached hydrogen (secondary N) is 1. The van der Waals surface area contributed by atoms with Crippen molar-refractivity contribution in [1.82, 2.24) is 24.1 Å². The molecule has 1 aliphatic rings. The molecule has 0 aliphatic carbocycles. The summed E-state index contributed by atoms with van der Waals surface area (Å²) in [7, 11) is 0.619. The molecular weight excluding hydrogens is 368 g/mol. The molecule has 136 valence electrons. The zero-order valence-electron chi connectivity index (χ0n) is 13.7. The van der Waals surface area contributed by atoms with Crippen molar-refractivity contribution in [3.8, 4) is 0 Å². The van der Waals surface area contributed by atoms with Gasteiger partial charge >= 0.3 is 5.69 Å². The summed E-state index contributed by atoms with van der Waals surface area (Å²) in [6.45, 7) is 1.95. The fraction of sp³-hybridized carbons (Fsp3) is 0.538. The van der Waals surface area contributed by atoms with Crippen LogP contribution in [0.5, 0.6) is 0 Å². The number of thioether (sulfide) groups is 1. The normalized spacial score (nSPS) is 19.8. The molecule has 3 N–H and O–H groups in total. The van der Waals surface area contributed by atoms with Gasteiger partial charge in [0.2, 0.25) is 5.91 Å². The Labute approximate surface area is 148 Å². The van der Waals surface area contributed by atoms with Crippen LogP contribution in [-0.4, -0.2) is 46.1 Å². The number of imidazole rings is 1. The van der Waals surface area contributed by atoms with Crippen molar-refractivity contribution >= 4 is 39.6 Å². The minimum Gasteiger partial charge on any atom is -0.308 e. The van der Waals surface area contributed by atoms with Gasteiger partial charge in [-0.1, -0.05) is 11.8 Å². The van der Waals surface area contributed by atoms with Crippen molar-refractivity contribution in [2.24, 2.45) is 12.9 Å². The second-order valence-corrected chi connectivity index (χ2v) is 8.10. The molecule has 0 bridgehead atoms. The third-order valence-electron chi connectivity index (χ3n) is 4.07. The van der Waals surface area contributed by atoms with Gasteiger partial charge in [0.1, 0.15) is 0 Å². The first-order chi connectivity index (χ1) is 11.9. The molecule has 1 saturated heterocycles. The maximum Gasteiger partial charge on any atom is 0.332 e. The van der Waals surface area contributed by atoms with Crippen molar-refractivity contribution in [1.29, 1.82) is 0 Å². The van der Waals surface area contributed by atoms with Gasteiger partial charge in [0.25, 0.3) is 5.56 Å². The number of aryl methyl sites for hydroxylation is 1. The predicted octanol–water partition coefficient (Wildman–Crippen LogP) is -1.70. The zero-order chi connectivity index (χ0) is 18.3. The van der Waals surface area contributed by atoms with E-state index in [-0.39, 0.29) is 29.9 Å². The Bertz CT molecular complexity index is 983. The van der Waals surface area contributed by atoms with Crippen LogP contribution < -0.4 is 22.5 Å². The van der Waals surface area contributed by atoms with Crippen molar-refractivity contribution in [2.75, 3.05) is 17.3 Å². The van der Waals surface area contributed by atoms with Gasteiger partial charge in [-0.05, 0) is 6.92 Å². The number of hydrogen-bond donors (Lipinski definition) is 2. The minimum atomic E-state index is -0.930. The van der Waals surface area contributed by atoms with E-state index in [9.17, 15) is 18.6 Å². The van der Waals surface area contributed by atoms with E-state index in [1.54, 1.807) is 18.5 Å². The fourth-order valence-electron chi connectivity index (χ4n) is 2.74. The van der Waals surface area contributed by atoms with Gasteiger partial charge in [-0.3, -0.25) is 28.4 Å². The molecule has 2 aromatic rings. The van der Waals surface area contributed by atoms with Gasteiger partial charge in [0.15, 0.2) is 16.3 Å². The average molecular weight is 386 g/mol. The van der Waals surface area contributed by atoms with Gasteiger partial charge in [0.05, 0.1) is 11.8 Å². The van der Waals surface area contributed by atoms with Crippen LogP contribution in [0.2, 0.25) is 0 Å². The smallest absolute Gasteiger partial charge is 0.308 e. The number of carbonyl (C=O) groups is 1. The Hall–Kier alpha value is -1.92. The minimum absolute atomic E-state index is 0.0194. The number of amides is 1. The number of carbonyl (C=O) groups excluding carboxylic acids is 1. The topological polar surface area (TPSA) is 134 Å². The lowest BCUT2D eigenvalue weighted by Crippen LogP contribution is -2.41. The molecule has 0 atom stereocenters. The predicted molar refractivity (Wildman–Crippen MR) is 94.9 cm³/mol. The van der Waals surface area contributed by atoms with Crippen molar-refractivity contribution in [2.45, 2.75) is 24.7 Å². The highest BCUT2D eigenvalue weighted by molar-refractivity contribution is 7.99. The van der Waals surface area contributed by atoms with Crippen LogP contribution in [0.1, 0.15) is 13.0 Å². The summed E-state index contributed by atoms with van der Waals surface area (Å²) in [5.41, 5.74) is 1.71. The molecule has 0 spiro atoms. The van der Waals surface area contributed by atoms with Crippen molar-refractivity contribution in [3.05, 3.63) is 20.8 Å². The van der Waals surface area contributed by atoms with E-state index < -0.39 is 22.0 Å². The lowest BCUT2D eigenvalue weighted by atomic mass is 10.3. The van der Waals surface area contributed by atoms with Crippen LogP contribution in [-0.2, 0) is 29.2 Å². The highest BCUT2D eigenvalue weighted by Crippen LogP contribution is 2.30. The maximum absolute atomic E-state index is 12.8. The number of nitrogens with two attached hydrogens (primary N) is 1. The highest BCUT2D eigenvalue weighted by atomic mass is 32.2. The zero-order valence-corrected chi connectivity index (χ0v) is 15.4. The van der Waals surface area contributed by atoms with Crippen LogP contribution in [0.4, 0.5) is 0 Å². The van der Waals surface area contributed by atoms with E-state index >= 15 is 0 Å². The van der Waals surface area contributed by atoms with Crippen LogP contribution in [0.15, 0.2) is 14.7 Å². The van der Waals surface area contributed by atoms with Crippen LogP contribution >= 0.6 is 11.8 Å². The molecule has 0 radical (unpaired) electrons. The molecule has 1 amide bonds. The molecule has 12 heteroatoms. The highest BCUT2D eigenvalue weighted by Gasteiger charge is 2.33. The first kappa shape index (κ1) is 17.9. The lowest BCUT2D eigenvalue weighted by molar-refractivity contribution is -0.118. The van der Waals surface area contributed by atoms with Crippen molar-refractivity contribution < 1.29 is 9.00 Å². The third kappa shape index (κ3) is 2.93. The first-order valence-corrected chi connectivity index (χ1v) is 10.0. The molecule has 1 fully saturated rings. The van der Waals surface area contributed by atoms with Crippen LogP contribution in [0.3, 0.4) is 0 Å². The summed E-state index contributed by atoms with van der Waals surface area (Å²) in [6.07, 6.45) is 0. The average Bonchev–Trinajstić information content (AvgIpc) is 2.94. The Balaban J connectivity index is 2.23. The molecule has 10 nitrogen and oxygen atoms in total. The van der Waals surface area contributed by atoms with E-state index in [4.69, 9.17) is 5.84 Å². The number of rotatable bonds is 5. The maximum atomic E-state index is 12.8. The van der Waals surface area contributed by atoms with Gasteiger partial charge in [0, 0.05) is 35.9 Å². The van der Waals surface area contributed by atoms with Crippen LogP contribution in [0, 0.1) is 0 Å². The largest absolute Gasteiger partial charge is 0.332 e. The van der Waals surface area contributed by atoms with E-state index in [2.05, 4.69) is 4.98 Å². The second kappa shape index (κ2) is 6.77. The number of aromatic nitrogens is 4. The van der Waals surface area contributed by atoms with Gasteiger partial charge in [-0.25, -0.2) is 15.6 Å². The Morgan fingerprint density at radius 3 is 2.68 bits per heavy atom. The summed E-state index contributed by atoms with van der Waals surface area (Å²) < 4.78 is 15.7. The van der Waals surface area contributed by atoms with E-state index in [0.717, 1.165) is 16.3 Å². The monoisotopic (exact) mass is 386 g/mol. The molecule has 3 rings (SSSR count). The fourth-order valence-corrected chi connectivity index (χ4v) is 4.67. The summed E-state index contributed by atoms with van der Waals surface area (Å²) in [5.74, 6) is 5.55. The second-order valence-electron chi connectivity index (χ2n) is 5.61. The molecule has 0 aromatic carbocycles. The lowest BCUT2D eigenvalue weighted by Gasteiger charge is -2.28. The van der Waals surface area contributed by atoms with Gasteiger partial charge in [-0.15, -0.1) is 0 Å². The molecule has 25 heavy (non-hydrogen) atoms. The van der Waals surface area contributed by atoms with E-state index in [0.29, 0.717) is 22.2 Å². The summed E-state index contributed by atoms with van der Waals surface area (Å²) >= 11 is 1.12. The summed E-state index contributed by atoms with van der Waals surface area (Å²) in [4.78, 5) is 40.9. The first-order valence-electron chi connectivity index (χ1n) is 7.58. The van der Waals surface area contributed by atoms with Gasteiger partial charge in [-0.2, -0.15) is 0 Å². The Kier molecular flexibility index (Phi) is 4.84. The summed E-state index contributed by atoms with van der Waals surface area (Å²) in [5, 5.41) is 0.432. The number of hydrazine groups is 1. The van der Waals surface area contributed by atoms with Gasteiger partial charge < -0.3 is 4.57 Å². The number of hydrogen-bond acceptors (Lipinski definition) is 7. The SMILES string of the molecule is CCn1c(=O)c2c(nc(SCC(=O)NN)n2C2CS(=O)C2)n(C)c1=O. The summed E-state index contributed by atoms with van der Waals surface area (Å²) in [6, 6.07) is -0.148. The molecular formula is C13H18N6O4S2. The quantitative estimate of drug-likeness (QED) is 0.271. The molecule has 0 unspecified atom stereocenters. The molecule has 0 saturated carbocycles. The Morgan fingerprint density at radius 2 is 2.12 bits per heavy atom. The number of fused-ring (bicyclic) bond motifs is 1. The standard InChI is InChI=1S/C13H18N6O4S2/c1-3-18-11(21)9-10(17(2)13(18)22)15-12(24-4-8(20)16-14)19(9)7-5-25(23)6-7/h7H,3-6,14H2,1-2H3,(H,16,20). The van der Waals surface area contributed by atoms with E-state index in [1.165, 1.54) is 4.57 Å². The third-order valence-corrected chi connectivity index (χ3v) is 6.54. The molecule has 3 heterocycles. The Morgan fingerprint density at radius 1 is 1.44 bits per heavy atom. The molecule has 1 aliphatic heterocycles. The van der Waals surface area contributed by atoms with Crippen molar-refractivity contribution in [3.63, 3.8) is 0 Å².